The lowest BCUT2D eigenvalue weighted by Crippen LogP contribution is -2.53. The van der Waals surface area contributed by atoms with Crippen LogP contribution in [0.5, 0.6) is 0 Å². The Balaban J connectivity index is 1.37. The van der Waals surface area contributed by atoms with Crippen molar-refractivity contribution in [3.8, 4) is 0 Å². The van der Waals surface area contributed by atoms with Gasteiger partial charge >= 0.3 is 5.97 Å². The van der Waals surface area contributed by atoms with Crippen LogP contribution in [0.3, 0.4) is 0 Å². The maximum atomic E-state index is 12.2. The van der Waals surface area contributed by atoms with Gasteiger partial charge in [0.1, 0.15) is 0 Å². The third-order valence-electron chi connectivity index (χ3n) is 7.13. The largest absolute Gasteiger partial charge is 0.467 e. The molecule has 0 N–H and O–H groups in total. The highest BCUT2D eigenvalue weighted by atomic mass is 16.6. The minimum Gasteiger partial charge on any atom is -0.467 e. The molecule has 0 aromatic rings. The van der Waals surface area contributed by atoms with Gasteiger partial charge in [0.25, 0.3) is 0 Å². The number of morpholine rings is 1. The van der Waals surface area contributed by atoms with Gasteiger partial charge < -0.3 is 18.9 Å². The first-order valence-electron chi connectivity index (χ1n) is 11.8. The summed E-state index contributed by atoms with van der Waals surface area (Å²) in [7, 11) is 1.44. The molecule has 0 aromatic carbocycles. The van der Waals surface area contributed by atoms with Gasteiger partial charge in [0, 0.05) is 25.7 Å². The summed E-state index contributed by atoms with van der Waals surface area (Å²) >= 11 is 0. The van der Waals surface area contributed by atoms with E-state index in [9.17, 15) is 4.79 Å². The lowest BCUT2D eigenvalue weighted by atomic mass is 9.80. The van der Waals surface area contributed by atoms with Crippen LogP contribution in [-0.2, 0) is 23.7 Å². The highest BCUT2D eigenvalue weighted by molar-refractivity contribution is 5.78. The second-order valence-electron chi connectivity index (χ2n) is 9.17. The first-order valence-corrected chi connectivity index (χ1v) is 11.8. The van der Waals surface area contributed by atoms with Gasteiger partial charge in [-0.3, -0.25) is 4.90 Å². The molecule has 29 heavy (non-hydrogen) atoms. The van der Waals surface area contributed by atoms with E-state index in [0.717, 1.165) is 58.4 Å². The Morgan fingerprint density at radius 3 is 2.62 bits per heavy atom. The Morgan fingerprint density at radius 1 is 1.14 bits per heavy atom. The average molecular weight is 412 g/mol. The summed E-state index contributed by atoms with van der Waals surface area (Å²) in [6, 6.07) is 0.603. The molecule has 3 unspecified atom stereocenters. The van der Waals surface area contributed by atoms with E-state index in [2.05, 4.69) is 4.90 Å². The van der Waals surface area contributed by atoms with Crippen LogP contribution in [0.4, 0.5) is 0 Å². The van der Waals surface area contributed by atoms with Gasteiger partial charge in [0.15, 0.2) is 5.60 Å². The Bertz CT molecular complexity index is 505. The number of methoxy groups -OCH3 is 1. The summed E-state index contributed by atoms with van der Waals surface area (Å²) < 4.78 is 23.0. The van der Waals surface area contributed by atoms with Gasteiger partial charge in [-0.25, -0.2) is 4.79 Å². The second-order valence-corrected chi connectivity index (χ2v) is 9.17. The number of ether oxygens (including phenoxy) is 4. The minimum absolute atomic E-state index is 0.260. The molecule has 0 bridgehead atoms. The molecule has 0 spiro atoms. The van der Waals surface area contributed by atoms with Crippen molar-refractivity contribution in [3.63, 3.8) is 0 Å². The summed E-state index contributed by atoms with van der Waals surface area (Å²) in [6.45, 7) is 8.06. The lowest BCUT2D eigenvalue weighted by Gasteiger charge is -2.44. The van der Waals surface area contributed by atoms with Crippen LogP contribution in [0.15, 0.2) is 0 Å². The molecule has 6 heteroatoms. The van der Waals surface area contributed by atoms with Crippen molar-refractivity contribution < 1.29 is 23.7 Å². The summed E-state index contributed by atoms with van der Waals surface area (Å²) in [5.41, 5.74) is -0.825. The molecule has 3 fully saturated rings. The molecule has 1 aliphatic heterocycles. The summed E-state index contributed by atoms with van der Waals surface area (Å²) in [6.07, 6.45) is 11.0. The van der Waals surface area contributed by atoms with Crippen LogP contribution in [-0.4, -0.2) is 74.7 Å². The molecular formula is C23H41NO5. The molecule has 1 saturated heterocycles. The van der Waals surface area contributed by atoms with Crippen molar-refractivity contribution in [3.05, 3.63) is 0 Å². The standard InChI is InChI=1S/C23H41NO5/c1-4-29-23(2,22(25)26-3)17-18-9-11-19(12-10-18)27-15-13-24-14-16-28-21-8-6-5-7-20(21)24/h18-21H,4-17H2,1-3H3. The molecule has 2 aliphatic carbocycles. The predicted molar refractivity (Wildman–Crippen MR) is 112 cm³/mol. The van der Waals surface area contributed by atoms with Crippen LogP contribution in [0.25, 0.3) is 0 Å². The Morgan fingerprint density at radius 2 is 1.90 bits per heavy atom. The molecule has 3 aliphatic rings. The quantitative estimate of drug-likeness (QED) is 0.541. The zero-order chi connectivity index (χ0) is 20.7. The van der Waals surface area contributed by atoms with E-state index in [0.29, 0.717) is 30.8 Å². The summed E-state index contributed by atoms with van der Waals surface area (Å²) in [5, 5.41) is 0. The number of nitrogens with zero attached hydrogens (tertiary/aromatic N) is 1. The number of fused-ring (bicyclic) bond motifs is 1. The van der Waals surface area contributed by atoms with E-state index >= 15 is 0 Å². The van der Waals surface area contributed by atoms with Crippen molar-refractivity contribution in [2.45, 2.75) is 95.5 Å². The first-order chi connectivity index (χ1) is 14.1. The van der Waals surface area contributed by atoms with E-state index < -0.39 is 5.60 Å². The molecule has 6 nitrogen and oxygen atoms in total. The molecule has 0 amide bonds. The van der Waals surface area contributed by atoms with Gasteiger partial charge in [-0.05, 0) is 64.7 Å². The fourth-order valence-electron chi connectivity index (χ4n) is 5.58. The van der Waals surface area contributed by atoms with E-state index in [1.165, 1.54) is 32.8 Å². The third-order valence-corrected chi connectivity index (χ3v) is 7.13. The van der Waals surface area contributed by atoms with Crippen LogP contribution in [0, 0.1) is 5.92 Å². The summed E-state index contributed by atoms with van der Waals surface area (Å²) in [4.78, 5) is 14.8. The molecule has 2 saturated carbocycles. The van der Waals surface area contributed by atoms with E-state index in [1.807, 2.05) is 13.8 Å². The SMILES string of the molecule is CCOC(C)(CC1CCC(OCCN2CCOC3CCCCC32)CC1)C(=O)OC. The van der Waals surface area contributed by atoms with Crippen molar-refractivity contribution in [2.75, 3.05) is 40.0 Å². The maximum Gasteiger partial charge on any atom is 0.337 e. The fraction of sp³-hybridized carbons (Fsp3) is 0.957. The number of carbonyl (C=O) groups is 1. The van der Waals surface area contributed by atoms with Gasteiger partial charge in [-0.2, -0.15) is 0 Å². The zero-order valence-electron chi connectivity index (χ0n) is 18.7. The minimum atomic E-state index is -0.825. The number of carbonyl (C=O) groups excluding carboxylic acids is 1. The maximum absolute atomic E-state index is 12.2. The Labute approximate surface area is 176 Å². The lowest BCUT2D eigenvalue weighted by molar-refractivity contribution is -0.169. The monoisotopic (exact) mass is 411 g/mol. The van der Waals surface area contributed by atoms with Crippen LogP contribution < -0.4 is 0 Å². The van der Waals surface area contributed by atoms with Crippen molar-refractivity contribution in [1.29, 1.82) is 0 Å². The van der Waals surface area contributed by atoms with E-state index in [-0.39, 0.29) is 5.97 Å². The molecule has 3 atom stereocenters. The average Bonchev–Trinajstić information content (AvgIpc) is 2.74. The zero-order valence-corrected chi connectivity index (χ0v) is 18.7. The van der Waals surface area contributed by atoms with E-state index in [4.69, 9.17) is 18.9 Å². The normalized spacial score (nSPS) is 32.9. The summed E-state index contributed by atoms with van der Waals surface area (Å²) in [5.74, 6) is 0.233. The third kappa shape index (κ3) is 6.16. The van der Waals surface area contributed by atoms with Crippen molar-refractivity contribution in [1.82, 2.24) is 4.90 Å². The Hall–Kier alpha value is -0.690. The number of rotatable bonds is 9. The molecule has 0 radical (unpaired) electrons. The Kier molecular flexibility index (Phi) is 8.78. The van der Waals surface area contributed by atoms with Crippen LogP contribution in [0.1, 0.15) is 71.6 Å². The predicted octanol–water partition coefficient (Wildman–Crippen LogP) is 3.56. The molecule has 168 valence electrons. The molecule has 1 heterocycles. The highest BCUT2D eigenvalue weighted by Gasteiger charge is 2.39. The van der Waals surface area contributed by atoms with Gasteiger partial charge in [0.05, 0.1) is 32.5 Å². The number of hydrogen-bond acceptors (Lipinski definition) is 6. The van der Waals surface area contributed by atoms with Gasteiger partial charge in [-0.15, -0.1) is 0 Å². The van der Waals surface area contributed by atoms with Crippen LogP contribution >= 0.6 is 0 Å². The van der Waals surface area contributed by atoms with Crippen molar-refractivity contribution in [2.24, 2.45) is 5.92 Å². The second kappa shape index (κ2) is 11.1. The molecular weight excluding hydrogens is 370 g/mol. The smallest absolute Gasteiger partial charge is 0.337 e. The topological polar surface area (TPSA) is 57.2 Å². The molecule has 0 aromatic heterocycles. The van der Waals surface area contributed by atoms with Crippen molar-refractivity contribution >= 4 is 5.97 Å². The first kappa shape index (κ1) is 23.0. The van der Waals surface area contributed by atoms with Crippen LogP contribution in [0.2, 0.25) is 0 Å². The number of hydrogen-bond donors (Lipinski definition) is 0. The van der Waals surface area contributed by atoms with E-state index in [1.54, 1.807) is 0 Å². The number of esters is 1. The fourth-order valence-corrected chi connectivity index (χ4v) is 5.58. The van der Waals surface area contributed by atoms with Gasteiger partial charge in [-0.1, -0.05) is 12.8 Å². The van der Waals surface area contributed by atoms with Gasteiger partial charge in [0.2, 0.25) is 0 Å². The highest BCUT2D eigenvalue weighted by Crippen LogP contribution is 2.34. The molecule has 3 rings (SSSR count).